The predicted octanol–water partition coefficient (Wildman–Crippen LogP) is 1.92. The smallest absolute Gasteiger partial charge is 0.324 e. The molecule has 1 aromatic heterocycles. The first-order valence-electron chi connectivity index (χ1n) is 8.69. The van der Waals surface area contributed by atoms with Crippen LogP contribution in [0.4, 0.5) is 10.5 Å². The standard InChI is InChI=1S/C19H16ClN5O4/c1-19(11-4-2-3-5-12(11)20)16(27)25(18(29)24-19)9-15(26)21-10-6-7-13-14(8-10)23-17(28)22-13/h2-8H,9H2,1H3,(H,21,26)(H,24,29)(H2,22,23,28). The van der Waals surface area contributed by atoms with Crippen LogP contribution in [-0.4, -0.2) is 39.3 Å². The molecule has 4 N–H and O–H groups in total. The van der Waals surface area contributed by atoms with Crippen LogP contribution < -0.4 is 16.3 Å². The summed E-state index contributed by atoms with van der Waals surface area (Å²) in [6.07, 6.45) is 0. The van der Waals surface area contributed by atoms with Crippen LogP contribution in [0, 0.1) is 0 Å². The highest BCUT2D eigenvalue weighted by Gasteiger charge is 2.50. The fourth-order valence-corrected chi connectivity index (χ4v) is 3.67. The fourth-order valence-electron chi connectivity index (χ4n) is 3.34. The maximum atomic E-state index is 12.9. The van der Waals surface area contributed by atoms with Gasteiger partial charge >= 0.3 is 11.7 Å². The first-order chi connectivity index (χ1) is 13.8. The van der Waals surface area contributed by atoms with Gasteiger partial charge in [0.05, 0.1) is 11.0 Å². The number of fused-ring (bicyclic) bond motifs is 1. The zero-order chi connectivity index (χ0) is 20.8. The molecule has 1 aliphatic heterocycles. The van der Waals surface area contributed by atoms with Gasteiger partial charge in [-0.15, -0.1) is 0 Å². The Hall–Kier alpha value is -3.59. The van der Waals surface area contributed by atoms with Crippen molar-refractivity contribution in [3.05, 3.63) is 63.5 Å². The Labute approximate surface area is 169 Å². The lowest BCUT2D eigenvalue weighted by Gasteiger charge is -2.23. The van der Waals surface area contributed by atoms with Gasteiger partial charge in [0, 0.05) is 16.3 Å². The summed E-state index contributed by atoms with van der Waals surface area (Å²) in [4.78, 5) is 55.1. The minimum atomic E-state index is -1.36. The first kappa shape index (κ1) is 18.8. The first-order valence-corrected chi connectivity index (χ1v) is 9.07. The van der Waals surface area contributed by atoms with Crippen LogP contribution in [0.25, 0.3) is 11.0 Å². The summed E-state index contributed by atoms with van der Waals surface area (Å²) in [6, 6.07) is 10.8. The van der Waals surface area contributed by atoms with E-state index in [9.17, 15) is 19.2 Å². The molecule has 4 rings (SSSR count). The fraction of sp³-hybridized carbons (Fsp3) is 0.158. The number of aromatic amines is 2. The molecule has 1 atom stereocenters. The van der Waals surface area contributed by atoms with Crippen molar-refractivity contribution in [2.45, 2.75) is 12.5 Å². The van der Waals surface area contributed by atoms with Gasteiger partial charge in [0.15, 0.2) is 0 Å². The molecular formula is C19H16ClN5O4. The van der Waals surface area contributed by atoms with E-state index < -0.39 is 29.9 Å². The number of anilines is 1. The molecule has 0 radical (unpaired) electrons. The molecule has 4 amide bonds. The molecule has 29 heavy (non-hydrogen) atoms. The number of nitrogens with one attached hydrogen (secondary N) is 4. The SMILES string of the molecule is CC1(c2ccccc2Cl)NC(=O)N(CC(=O)Nc2ccc3[nH]c(=O)[nH]c3c2)C1=O. The van der Waals surface area contributed by atoms with Gasteiger partial charge in [-0.1, -0.05) is 29.8 Å². The number of urea groups is 1. The van der Waals surface area contributed by atoms with Crippen molar-refractivity contribution in [3.63, 3.8) is 0 Å². The number of hydrogen-bond acceptors (Lipinski definition) is 4. The number of hydrogen-bond donors (Lipinski definition) is 4. The van der Waals surface area contributed by atoms with Crippen molar-refractivity contribution in [2.24, 2.45) is 0 Å². The highest BCUT2D eigenvalue weighted by molar-refractivity contribution is 6.32. The zero-order valence-electron chi connectivity index (χ0n) is 15.2. The number of rotatable bonds is 4. The highest BCUT2D eigenvalue weighted by Crippen LogP contribution is 2.33. The summed E-state index contributed by atoms with van der Waals surface area (Å²) in [6.45, 7) is 1.08. The lowest BCUT2D eigenvalue weighted by molar-refractivity contribution is -0.133. The Balaban J connectivity index is 1.51. The van der Waals surface area contributed by atoms with Gasteiger partial charge in [-0.25, -0.2) is 9.59 Å². The number of carbonyl (C=O) groups excluding carboxylic acids is 3. The van der Waals surface area contributed by atoms with Gasteiger partial charge in [0.2, 0.25) is 5.91 Å². The van der Waals surface area contributed by atoms with Crippen molar-refractivity contribution in [1.29, 1.82) is 0 Å². The van der Waals surface area contributed by atoms with E-state index in [4.69, 9.17) is 11.6 Å². The number of carbonyl (C=O) groups is 3. The summed E-state index contributed by atoms with van der Waals surface area (Å²) in [5, 5.41) is 5.56. The van der Waals surface area contributed by atoms with E-state index in [-0.39, 0.29) is 5.69 Å². The summed E-state index contributed by atoms with van der Waals surface area (Å²) in [7, 11) is 0. The molecule has 1 unspecified atom stereocenters. The van der Waals surface area contributed by atoms with Crippen LogP contribution in [0.2, 0.25) is 5.02 Å². The largest absolute Gasteiger partial charge is 0.325 e. The van der Waals surface area contributed by atoms with E-state index in [1.807, 2.05) is 0 Å². The Morgan fingerprint density at radius 2 is 1.83 bits per heavy atom. The number of aromatic nitrogens is 2. The van der Waals surface area contributed by atoms with Gasteiger partial charge in [-0.3, -0.25) is 14.5 Å². The van der Waals surface area contributed by atoms with Gasteiger partial charge in [0.25, 0.3) is 5.91 Å². The molecule has 1 aliphatic rings. The zero-order valence-corrected chi connectivity index (χ0v) is 16.0. The third kappa shape index (κ3) is 3.25. The number of nitrogens with zero attached hydrogens (tertiary/aromatic N) is 1. The average molecular weight is 414 g/mol. The van der Waals surface area contributed by atoms with E-state index in [0.29, 0.717) is 27.3 Å². The third-order valence-corrected chi connectivity index (χ3v) is 5.12. The maximum Gasteiger partial charge on any atom is 0.325 e. The van der Waals surface area contributed by atoms with Gasteiger partial charge < -0.3 is 20.6 Å². The van der Waals surface area contributed by atoms with Crippen LogP contribution in [0.3, 0.4) is 0 Å². The second-order valence-electron chi connectivity index (χ2n) is 6.81. The number of benzene rings is 2. The van der Waals surface area contributed by atoms with Gasteiger partial charge in [-0.2, -0.15) is 0 Å². The molecule has 2 heterocycles. The number of imide groups is 1. The summed E-state index contributed by atoms with van der Waals surface area (Å²) in [5.74, 6) is -1.13. The topological polar surface area (TPSA) is 127 Å². The maximum absolute atomic E-state index is 12.9. The molecule has 9 nitrogen and oxygen atoms in total. The Bertz CT molecular complexity index is 1220. The minimum absolute atomic E-state index is 0.337. The van der Waals surface area contributed by atoms with Crippen LogP contribution in [0.15, 0.2) is 47.3 Å². The molecule has 10 heteroatoms. The van der Waals surface area contributed by atoms with Crippen LogP contribution in [0.5, 0.6) is 0 Å². The molecule has 0 bridgehead atoms. The monoisotopic (exact) mass is 413 g/mol. The molecule has 0 aliphatic carbocycles. The van der Waals surface area contributed by atoms with Crippen molar-refractivity contribution in [3.8, 4) is 0 Å². The van der Waals surface area contributed by atoms with Gasteiger partial charge in [-0.05, 0) is 31.2 Å². The summed E-state index contributed by atoms with van der Waals surface area (Å²) in [5.41, 5.74) is 0.260. The minimum Gasteiger partial charge on any atom is -0.324 e. The van der Waals surface area contributed by atoms with Crippen molar-refractivity contribution < 1.29 is 14.4 Å². The number of halogens is 1. The van der Waals surface area contributed by atoms with E-state index in [0.717, 1.165) is 4.90 Å². The van der Waals surface area contributed by atoms with Crippen molar-refractivity contribution in [1.82, 2.24) is 20.2 Å². The molecule has 1 saturated heterocycles. The number of H-pyrrole nitrogens is 2. The lowest BCUT2D eigenvalue weighted by atomic mass is 9.92. The number of amides is 4. The third-order valence-electron chi connectivity index (χ3n) is 4.79. The second kappa shape index (κ2) is 6.78. The molecule has 1 fully saturated rings. The highest BCUT2D eigenvalue weighted by atomic mass is 35.5. The quantitative estimate of drug-likeness (QED) is 0.487. The van der Waals surface area contributed by atoms with Gasteiger partial charge in [0.1, 0.15) is 12.1 Å². The van der Waals surface area contributed by atoms with E-state index in [2.05, 4.69) is 20.6 Å². The average Bonchev–Trinajstić information content (AvgIpc) is 3.13. The van der Waals surface area contributed by atoms with Crippen LogP contribution in [-0.2, 0) is 15.1 Å². The van der Waals surface area contributed by atoms with Crippen LogP contribution in [0.1, 0.15) is 12.5 Å². The summed E-state index contributed by atoms with van der Waals surface area (Å²) < 4.78 is 0. The molecule has 148 valence electrons. The van der Waals surface area contributed by atoms with E-state index >= 15 is 0 Å². The lowest BCUT2D eigenvalue weighted by Crippen LogP contribution is -2.42. The normalized spacial score (nSPS) is 18.9. The summed E-state index contributed by atoms with van der Waals surface area (Å²) >= 11 is 6.19. The molecule has 0 saturated carbocycles. The number of imidazole rings is 1. The Morgan fingerprint density at radius 1 is 1.10 bits per heavy atom. The molecular weight excluding hydrogens is 398 g/mol. The van der Waals surface area contributed by atoms with Crippen molar-refractivity contribution >= 4 is 46.2 Å². The van der Waals surface area contributed by atoms with E-state index in [1.54, 1.807) is 49.4 Å². The van der Waals surface area contributed by atoms with E-state index in [1.165, 1.54) is 0 Å². The molecule has 0 spiro atoms. The molecule has 2 aromatic carbocycles. The van der Waals surface area contributed by atoms with Crippen molar-refractivity contribution in [2.75, 3.05) is 11.9 Å². The van der Waals surface area contributed by atoms with Crippen LogP contribution >= 0.6 is 11.6 Å². The molecule has 3 aromatic rings. The predicted molar refractivity (Wildman–Crippen MR) is 107 cm³/mol. The second-order valence-corrected chi connectivity index (χ2v) is 7.22. The Kier molecular flexibility index (Phi) is 4.39. The Morgan fingerprint density at radius 3 is 2.59 bits per heavy atom.